The van der Waals surface area contributed by atoms with E-state index in [9.17, 15) is 13.2 Å². The summed E-state index contributed by atoms with van der Waals surface area (Å²) in [6.07, 6.45) is 4.08. The fourth-order valence-corrected chi connectivity index (χ4v) is 3.99. The van der Waals surface area contributed by atoms with Crippen LogP contribution in [0.1, 0.15) is 25.3 Å². The van der Waals surface area contributed by atoms with E-state index in [-0.39, 0.29) is 29.8 Å². The number of sulfone groups is 1. The predicted molar refractivity (Wildman–Crippen MR) is 76.0 cm³/mol. The zero-order valence-electron chi connectivity index (χ0n) is 11.2. The maximum Gasteiger partial charge on any atom is 0.240 e. The Balaban J connectivity index is 1.86. The van der Waals surface area contributed by atoms with E-state index < -0.39 is 9.84 Å². The molecule has 2 heterocycles. The fraction of sp³-hybridized carbons (Fsp3) is 0.462. The maximum absolute atomic E-state index is 11.7. The number of nitrogens with one attached hydrogen (secondary N) is 1. The first-order valence-corrected chi connectivity index (χ1v) is 8.22. The fourth-order valence-electron chi connectivity index (χ4n) is 2.13. The van der Waals surface area contributed by atoms with Crippen molar-refractivity contribution in [2.75, 3.05) is 11.5 Å². The SMILES string of the molecule is C/C(=N/NC(=O)C[C@H]1CCS(=O)(=O)C1)c1cccnc1. The van der Waals surface area contributed by atoms with Crippen molar-refractivity contribution in [1.82, 2.24) is 10.4 Å². The molecule has 1 aliphatic rings. The summed E-state index contributed by atoms with van der Waals surface area (Å²) >= 11 is 0. The number of carbonyl (C=O) groups is 1. The molecule has 1 atom stereocenters. The van der Waals surface area contributed by atoms with Gasteiger partial charge >= 0.3 is 0 Å². The molecule has 0 saturated carbocycles. The number of carbonyl (C=O) groups excluding carboxylic acids is 1. The van der Waals surface area contributed by atoms with E-state index >= 15 is 0 Å². The van der Waals surface area contributed by atoms with Crippen molar-refractivity contribution >= 4 is 21.5 Å². The minimum atomic E-state index is -2.94. The lowest BCUT2D eigenvalue weighted by atomic mass is 10.1. The maximum atomic E-state index is 11.7. The average Bonchev–Trinajstić information content (AvgIpc) is 2.76. The van der Waals surface area contributed by atoms with Crippen molar-refractivity contribution in [2.45, 2.75) is 19.8 Å². The molecule has 1 fully saturated rings. The third-order valence-electron chi connectivity index (χ3n) is 3.23. The van der Waals surface area contributed by atoms with Gasteiger partial charge in [0.1, 0.15) is 0 Å². The Labute approximate surface area is 118 Å². The quantitative estimate of drug-likeness (QED) is 0.655. The predicted octanol–water partition coefficient (Wildman–Crippen LogP) is 0.747. The molecular formula is C13H17N3O3S. The van der Waals surface area contributed by atoms with Crippen molar-refractivity contribution in [3.63, 3.8) is 0 Å². The molecule has 1 aromatic heterocycles. The molecule has 20 heavy (non-hydrogen) atoms. The molecule has 1 aliphatic heterocycles. The summed E-state index contributed by atoms with van der Waals surface area (Å²) in [5.41, 5.74) is 3.95. The lowest BCUT2D eigenvalue weighted by Crippen LogP contribution is -2.22. The van der Waals surface area contributed by atoms with Crippen LogP contribution in [0.25, 0.3) is 0 Å². The van der Waals surface area contributed by atoms with Crippen LogP contribution < -0.4 is 5.43 Å². The Kier molecular flexibility index (Phi) is 4.49. The zero-order valence-corrected chi connectivity index (χ0v) is 12.1. The molecule has 1 saturated heterocycles. The molecule has 0 spiro atoms. The van der Waals surface area contributed by atoms with Crippen LogP contribution in [0.4, 0.5) is 0 Å². The van der Waals surface area contributed by atoms with Crippen LogP contribution in [0.3, 0.4) is 0 Å². The van der Waals surface area contributed by atoms with E-state index in [2.05, 4.69) is 15.5 Å². The minimum Gasteiger partial charge on any atom is -0.273 e. The van der Waals surface area contributed by atoms with Gasteiger partial charge in [-0.15, -0.1) is 0 Å². The van der Waals surface area contributed by atoms with Gasteiger partial charge in [0.15, 0.2) is 9.84 Å². The van der Waals surface area contributed by atoms with Crippen LogP contribution in [0, 0.1) is 5.92 Å². The van der Waals surface area contributed by atoms with Crippen molar-refractivity contribution in [2.24, 2.45) is 11.0 Å². The number of pyridine rings is 1. The number of hydrogen-bond donors (Lipinski definition) is 1. The highest BCUT2D eigenvalue weighted by Crippen LogP contribution is 2.21. The first-order valence-electron chi connectivity index (χ1n) is 6.40. The second-order valence-electron chi connectivity index (χ2n) is 4.95. The highest BCUT2D eigenvalue weighted by Gasteiger charge is 2.29. The number of rotatable bonds is 4. The summed E-state index contributed by atoms with van der Waals surface area (Å²) in [7, 11) is -2.94. The number of hydrogen-bond acceptors (Lipinski definition) is 5. The van der Waals surface area contributed by atoms with Crippen molar-refractivity contribution in [1.29, 1.82) is 0 Å². The molecule has 1 N–H and O–H groups in total. The highest BCUT2D eigenvalue weighted by atomic mass is 32.2. The first-order chi connectivity index (χ1) is 9.46. The number of amides is 1. The van der Waals surface area contributed by atoms with E-state index in [1.54, 1.807) is 25.4 Å². The monoisotopic (exact) mass is 295 g/mol. The molecule has 0 unspecified atom stereocenters. The molecular weight excluding hydrogens is 278 g/mol. The summed E-state index contributed by atoms with van der Waals surface area (Å²) < 4.78 is 22.6. The van der Waals surface area contributed by atoms with Crippen molar-refractivity contribution in [3.05, 3.63) is 30.1 Å². The minimum absolute atomic E-state index is 0.0890. The van der Waals surface area contributed by atoms with Crippen LogP contribution in [0.5, 0.6) is 0 Å². The zero-order chi connectivity index (χ0) is 14.6. The van der Waals surface area contributed by atoms with Crippen LogP contribution in [0.15, 0.2) is 29.6 Å². The Morgan fingerprint density at radius 3 is 2.95 bits per heavy atom. The van der Waals surface area contributed by atoms with E-state index in [1.165, 1.54) is 0 Å². The molecule has 7 heteroatoms. The summed E-state index contributed by atoms with van der Waals surface area (Å²) in [6, 6.07) is 3.64. The van der Waals surface area contributed by atoms with Crippen LogP contribution in [-0.2, 0) is 14.6 Å². The molecule has 0 aliphatic carbocycles. The third kappa shape index (κ3) is 4.12. The standard InChI is InChI=1S/C13H17N3O3S/c1-10(12-3-2-5-14-8-12)15-16-13(17)7-11-4-6-20(18,19)9-11/h2-3,5,8,11H,4,6-7,9H2,1H3,(H,16,17)/b15-10-/t11-/m1/s1. The molecule has 0 aromatic carbocycles. The lowest BCUT2D eigenvalue weighted by Gasteiger charge is -2.06. The molecule has 2 rings (SSSR count). The Morgan fingerprint density at radius 1 is 1.55 bits per heavy atom. The average molecular weight is 295 g/mol. The summed E-state index contributed by atoms with van der Waals surface area (Å²) in [5.74, 6) is -0.0569. The van der Waals surface area contributed by atoms with Gasteiger partial charge in [0.2, 0.25) is 5.91 Å². The highest BCUT2D eigenvalue weighted by molar-refractivity contribution is 7.91. The van der Waals surface area contributed by atoms with Gasteiger partial charge in [-0.05, 0) is 25.3 Å². The Morgan fingerprint density at radius 2 is 2.35 bits per heavy atom. The van der Waals surface area contributed by atoms with Crippen LogP contribution >= 0.6 is 0 Å². The van der Waals surface area contributed by atoms with Gasteiger partial charge in [-0.1, -0.05) is 6.07 Å². The van der Waals surface area contributed by atoms with E-state index in [0.29, 0.717) is 12.1 Å². The van der Waals surface area contributed by atoms with E-state index in [4.69, 9.17) is 0 Å². The molecule has 1 aromatic rings. The van der Waals surface area contributed by atoms with Gasteiger partial charge in [-0.2, -0.15) is 5.10 Å². The number of hydrazone groups is 1. The van der Waals surface area contributed by atoms with Crippen molar-refractivity contribution < 1.29 is 13.2 Å². The second-order valence-corrected chi connectivity index (χ2v) is 7.18. The van der Waals surface area contributed by atoms with Gasteiger partial charge in [-0.3, -0.25) is 9.78 Å². The Hall–Kier alpha value is -1.76. The molecule has 108 valence electrons. The molecule has 1 amide bonds. The topological polar surface area (TPSA) is 88.5 Å². The Bertz CT molecular complexity index is 611. The van der Waals surface area contributed by atoms with Gasteiger partial charge in [-0.25, -0.2) is 13.8 Å². The van der Waals surface area contributed by atoms with Crippen LogP contribution in [0.2, 0.25) is 0 Å². The third-order valence-corrected chi connectivity index (χ3v) is 5.07. The largest absolute Gasteiger partial charge is 0.273 e. The van der Waals surface area contributed by atoms with Crippen LogP contribution in [-0.4, -0.2) is 36.5 Å². The van der Waals surface area contributed by atoms with Crippen molar-refractivity contribution in [3.8, 4) is 0 Å². The summed E-state index contributed by atoms with van der Waals surface area (Å²) in [6.45, 7) is 1.78. The lowest BCUT2D eigenvalue weighted by molar-refractivity contribution is -0.121. The first kappa shape index (κ1) is 14.6. The summed E-state index contributed by atoms with van der Waals surface area (Å²) in [4.78, 5) is 15.7. The van der Waals surface area contributed by atoms with Gasteiger partial charge in [0.05, 0.1) is 17.2 Å². The molecule has 0 radical (unpaired) electrons. The van der Waals surface area contributed by atoms with E-state index in [0.717, 1.165) is 5.56 Å². The molecule has 0 bridgehead atoms. The van der Waals surface area contributed by atoms with Gasteiger partial charge in [0.25, 0.3) is 0 Å². The number of nitrogens with zero attached hydrogens (tertiary/aromatic N) is 2. The van der Waals surface area contributed by atoms with Gasteiger partial charge < -0.3 is 0 Å². The van der Waals surface area contributed by atoms with E-state index in [1.807, 2.05) is 6.07 Å². The summed E-state index contributed by atoms with van der Waals surface area (Å²) in [5, 5.41) is 4.00. The number of aromatic nitrogens is 1. The second kappa shape index (κ2) is 6.13. The van der Waals surface area contributed by atoms with Gasteiger partial charge in [0, 0.05) is 24.4 Å². The smallest absolute Gasteiger partial charge is 0.240 e. The molecule has 6 nitrogen and oxygen atoms in total. The normalized spacial score (nSPS) is 21.6.